The van der Waals surface area contributed by atoms with Crippen LogP contribution in [0.3, 0.4) is 0 Å². The van der Waals surface area contributed by atoms with E-state index in [1.165, 1.54) is 27.9 Å². The van der Waals surface area contributed by atoms with Gasteiger partial charge in [-0.25, -0.2) is 4.90 Å². The van der Waals surface area contributed by atoms with Crippen LogP contribution in [-0.2, 0) is 19.8 Å². The fraction of sp³-hybridized carbons (Fsp3) is 0.409. The maximum absolute atomic E-state index is 5.56. The summed E-state index contributed by atoms with van der Waals surface area (Å²) in [5.41, 5.74) is 6.57. The Morgan fingerprint density at radius 1 is 0.929 bits per heavy atom. The second-order valence-corrected chi connectivity index (χ2v) is 10.3. The molecule has 150 valence electrons. The van der Waals surface area contributed by atoms with Crippen molar-refractivity contribution in [2.75, 3.05) is 39.3 Å². The monoisotopic (exact) mass is 399 g/mol. The fourth-order valence-corrected chi connectivity index (χ4v) is 5.90. The number of aryl methyl sites for hydroxylation is 3. The van der Waals surface area contributed by atoms with Crippen LogP contribution in [0.5, 0.6) is 0 Å². The third-order valence-corrected chi connectivity index (χ3v) is 8.01. The van der Waals surface area contributed by atoms with Gasteiger partial charge in [0.2, 0.25) is 6.34 Å². The average molecular weight is 400 g/mol. The molecule has 0 bridgehead atoms. The smallest absolute Gasteiger partial charge is 0.373 e. The molecule has 5 nitrogen and oxygen atoms in total. The van der Waals surface area contributed by atoms with E-state index in [9.17, 15) is 0 Å². The second-order valence-electron chi connectivity index (χ2n) is 7.39. The Hall–Kier alpha value is -1.99. The zero-order valence-corrected chi connectivity index (χ0v) is 18.8. The summed E-state index contributed by atoms with van der Waals surface area (Å²) in [5, 5.41) is 0.974. The molecule has 0 aromatic heterocycles. The lowest BCUT2D eigenvalue weighted by atomic mass is 10.0. The van der Waals surface area contributed by atoms with Gasteiger partial charge in [-0.3, -0.25) is 4.58 Å². The van der Waals surface area contributed by atoms with E-state index in [1.54, 1.807) is 21.3 Å². The molecule has 0 fully saturated rings. The van der Waals surface area contributed by atoms with E-state index in [4.69, 9.17) is 13.3 Å². The Labute approximate surface area is 169 Å². The van der Waals surface area contributed by atoms with Crippen molar-refractivity contribution in [2.45, 2.75) is 27.3 Å². The van der Waals surface area contributed by atoms with E-state index in [1.807, 2.05) is 0 Å². The van der Waals surface area contributed by atoms with Crippen LogP contribution in [0.2, 0.25) is 0 Å². The van der Waals surface area contributed by atoms with Crippen LogP contribution in [0.15, 0.2) is 36.4 Å². The van der Waals surface area contributed by atoms with Crippen molar-refractivity contribution < 1.29 is 17.9 Å². The lowest BCUT2D eigenvalue weighted by molar-refractivity contribution is -0.530. The summed E-state index contributed by atoms with van der Waals surface area (Å²) < 4.78 is 19.0. The molecule has 0 unspecified atom stereocenters. The first-order valence-corrected chi connectivity index (χ1v) is 11.3. The number of benzene rings is 2. The number of hydrogen-bond donors (Lipinski definition) is 0. The standard InChI is InChI=1S/C22H31N2O3Si/c1-17-13-18(2)22(19(3)14-17)24-12-11-23(16-24)15-20-7-9-21(10-8-20)28(25-4,26-5)27-6/h7-10,13-14,16H,11-12,15H2,1-6H3/q+1. The van der Waals surface area contributed by atoms with Gasteiger partial charge >= 0.3 is 8.80 Å². The highest BCUT2D eigenvalue weighted by molar-refractivity contribution is 6.75. The number of anilines is 1. The third-order valence-electron chi connectivity index (χ3n) is 5.35. The zero-order valence-electron chi connectivity index (χ0n) is 17.8. The molecular weight excluding hydrogens is 368 g/mol. The van der Waals surface area contributed by atoms with Crippen LogP contribution in [0.25, 0.3) is 0 Å². The first-order chi connectivity index (χ1) is 13.4. The van der Waals surface area contributed by atoms with E-state index >= 15 is 0 Å². The molecule has 28 heavy (non-hydrogen) atoms. The molecule has 0 atom stereocenters. The van der Waals surface area contributed by atoms with E-state index < -0.39 is 8.80 Å². The Kier molecular flexibility index (Phi) is 6.35. The van der Waals surface area contributed by atoms with Crippen LogP contribution in [0, 0.1) is 20.8 Å². The molecule has 0 aliphatic carbocycles. The quantitative estimate of drug-likeness (QED) is 0.530. The van der Waals surface area contributed by atoms with E-state index in [0.717, 1.165) is 24.8 Å². The van der Waals surface area contributed by atoms with Gasteiger partial charge in [0.05, 0.1) is 0 Å². The van der Waals surface area contributed by atoms with Gasteiger partial charge in [-0.2, -0.15) is 0 Å². The minimum absolute atomic E-state index is 0.877. The molecule has 0 amide bonds. The molecule has 1 aliphatic rings. The van der Waals surface area contributed by atoms with Crippen molar-refractivity contribution in [1.82, 2.24) is 0 Å². The van der Waals surface area contributed by atoms with Crippen molar-refractivity contribution in [2.24, 2.45) is 0 Å². The summed E-state index contributed by atoms with van der Waals surface area (Å²) in [5.74, 6) is 0. The molecule has 0 radical (unpaired) electrons. The maximum atomic E-state index is 5.56. The topological polar surface area (TPSA) is 33.9 Å². The largest absolute Gasteiger partial charge is 0.536 e. The molecule has 2 aromatic carbocycles. The summed E-state index contributed by atoms with van der Waals surface area (Å²) >= 11 is 0. The van der Waals surface area contributed by atoms with Crippen molar-refractivity contribution in [3.8, 4) is 0 Å². The summed E-state index contributed by atoms with van der Waals surface area (Å²) in [6, 6.07) is 12.9. The van der Waals surface area contributed by atoms with Crippen LogP contribution < -0.4 is 10.1 Å². The molecule has 1 aliphatic heterocycles. The van der Waals surface area contributed by atoms with Crippen LogP contribution in [-0.4, -0.2) is 54.1 Å². The van der Waals surface area contributed by atoms with Gasteiger partial charge in [-0.15, -0.1) is 0 Å². The molecule has 0 N–H and O–H groups in total. The molecule has 2 aromatic rings. The molecule has 3 rings (SSSR count). The number of nitrogens with zero attached hydrogens (tertiary/aromatic N) is 2. The van der Waals surface area contributed by atoms with Crippen molar-refractivity contribution in [3.63, 3.8) is 0 Å². The van der Waals surface area contributed by atoms with Gasteiger partial charge in [-0.05, 0) is 37.5 Å². The number of hydrogen-bond acceptors (Lipinski definition) is 4. The predicted octanol–water partition coefficient (Wildman–Crippen LogP) is 2.76. The fourth-order valence-electron chi connectivity index (χ4n) is 4.12. The van der Waals surface area contributed by atoms with Crippen LogP contribution >= 0.6 is 0 Å². The zero-order chi connectivity index (χ0) is 20.3. The normalized spacial score (nSPS) is 14.5. The highest BCUT2D eigenvalue weighted by atomic mass is 28.4. The Bertz CT molecular complexity index is 829. The van der Waals surface area contributed by atoms with Crippen LogP contribution in [0.4, 0.5) is 5.69 Å². The van der Waals surface area contributed by atoms with Gasteiger partial charge in [0, 0.05) is 26.5 Å². The summed E-state index contributed by atoms with van der Waals surface area (Å²) in [6.45, 7) is 9.45. The Morgan fingerprint density at radius 2 is 1.50 bits per heavy atom. The Morgan fingerprint density at radius 3 is 2.04 bits per heavy atom. The summed E-state index contributed by atoms with van der Waals surface area (Å²) in [6.07, 6.45) is 2.25. The van der Waals surface area contributed by atoms with Gasteiger partial charge in [0.15, 0.2) is 0 Å². The highest BCUT2D eigenvalue weighted by Gasteiger charge is 2.40. The summed E-state index contributed by atoms with van der Waals surface area (Å²) in [4.78, 5) is 2.37. The van der Waals surface area contributed by atoms with Crippen LogP contribution in [0.1, 0.15) is 22.3 Å². The van der Waals surface area contributed by atoms with Gasteiger partial charge in [0.1, 0.15) is 25.3 Å². The SMILES string of the molecule is CO[Si](OC)(OC)c1ccc(C[N+]2=CN(c3c(C)cc(C)cc3C)CC2)cc1. The predicted molar refractivity (Wildman–Crippen MR) is 116 cm³/mol. The van der Waals surface area contributed by atoms with E-state index in [-0.39, 0.29) is 0 Å². The van der Waals surface area contributed by atoms with Crippen molar-refractivity contribution >= 4 is 26.0 Å². The van der Waals surface area contributed by atoms with Crippen molar-refractivity contribution in [3.05, 3.63) is 58.7 Å². The lowest BCUT2D eigenvalue weighted by Crippen LogP contribution is -2.54. The molecule has 0 spiro atoms. The highest BCUT2D eigenvalue weighted by Crippen LogP contribution is 2.26. The Balaban J connectivity index is 1.76. The minimum Gasteiger partial charge on any atom is -0.373 e. The summed E-state index contributed by atoms with van der Waals surface area (Å²) in [7, 11) is 2.14. The maximum Gasteiger partial charge on any atom is 0.536 e. The van der Waals surface area contributed by atoms with Crippen molar-refractivity contribution in [1.29, 1.82) is 0 Å². The second kappa shape index (κ2) is 8.57. The number of rotatable bonds is 7. The lowest BCUT2D eigenvalue weighted by Gasteiger charge is -2.24. The average Bonchev–Trinajstić information content (AvgIpc) is 3.12. The van der Waals surface area contributed by atoms with Gasteiger partial charge < -0.3 is 13.3 Å². The molecular formula is C22H31N2O3Si+. The molecule has 6 heteroatoms. The van der Waals surface area contributed by atoms with Gasteiger partial charge in [-0.1, -0.05) is 42.0 Å². The minimum atomic E-state index is -2.76. The van der Waals surface area contributed by atoms with Gasteiger partial charge in [0.25, 0.3) is 0 Å². The van der Waals surface area contributed by atoms with E-state index in [0.29, 0.717) is 0 Å². The first kappa shape index (κ1) is 20.7. The molecule has 0 saturated heterocycles. The molecule has 0 saturated carbocycles. The van der Waals surface area contributed by atoms with E-state index in [2.05, 4.69) is 73.0 Å². The third kappa shape index (κ3) is 4.05. The first-order valence-electron chi connectivity index (χ1n) is 9.61. The molecule has 1 heterocycles.